The Kier molecular flexibility index (Phi) is 7.15. The van der Waals surface area contributed by atoms with Gasteiger partial charge in [0.25, 0.3) is 20.9 Å². The number of benzene rings is 1. The van der Waals surface area contributed by atoms with Gasteiger partial charge in [-0.2, -0.15) is 0 Å². The van der Waals surface area contributed by atoms with Crippen molar-refractivity contribution in [3.05, 3.63) is 37.6 Å². The number of ether oxygens (including phenoxy) is 1. The summed E-state index contributed by atoms with van der Waals surface area (Å²) >= 11 is 6.02. The van der Waals surface area contributed by atoms with E-state index in [2.05, 4.69) is 10.6 Å². The number of rotatable bonds is 9. The normalized spacial score (nSPS) is 20.1. The molecule has 0 aliphatic carbocycles. The third kappa shape index (κ3) is 4.35. The van der Waals surface area contributed by atoms with Crippen LogP contribution in [-0.4, -0.2) is 50.4 Å². The van der Waals surface area contributed by atoms with E-state index in [1.54, 1.807) is 0 Å². The number of phenolic OH excluding ortho intramolecular Hbond substituents is 1. The molecule has 1 fully saturated rings. The third-order valence-electron chi connectivity index (χ3n) is 5.59. The molecule has 0 unspecified atom stereocenters. The van der Waals surface area contributed by atoms with Crippen molar-refractivity contribution in [2.75, 3.05) is 24.8 Å². The molecule has 3 N–H and O–H groups in total. The van der Waals surface area contributed by atoms with Crippen molar-refractivity contribution in [3.63, 3.8) is 0 Å². The molecule has 0 amide bonds. The van der Waals surface area contributed by atoms with Crippen LogP contribution in [0.4, 0.5) is 17.1 Å². The molecule has 0 spiro atoms. The standard InChI is InChI=1S/C20H26ClN3O7S/c1-5-12(14-9-6-10(2)31-14)22-15-16(19(27)18(15)26)23-13-8-7-11(21)20(17(13)25)32(28,29)24(3)30-4/h7-8,10,12,14,22-23,25H,5-6,9H2,1-4H3/t10-,12-,14-/m1/s1. The number of hydroxylamine groups is 1. The second kappa shape index (κ2) is 9.36. The molecule has 3 rings (SSSR count). The highest BCUT2D eigenvalue weighted by Gasteiger charge is 2.33. The van der Waals surface area contributed by atoms with Crippen LogP contribution in [-0.2, 0) is 19.6 Å². The van der Waals surface area contributed by atoms with E-state index >= 15 is 0 Å². The molecule has 10 nitrogen and oxygen atoms in total. The topological polar surface area (TPSA) is 134 Å². The summed E-state index contributed by atoms with van der Waals surface area (Å²) in [6.45, 7) is 3.92. The molecule has 176 valence electrons. The first-order chi connectivity index (χ1) is 15.0. The average molecular weight is 488 g/mol. The van der Waals surface area contributed by atoms with Crippen LogP contribution in [0.25, 0.3) is 0 Å². The fourth-order valence-electron chi connectivity index (χ4n) is 3.68. The first-order valence-corrected chi connectivity index (χ1v) is 11.9. The van der Waals surface area contributed by atoms with Crippen LogP contribution in [0.2, 0.25) is 5.02 Å². The smallest absolute Gasteiger partial charge is 0.269 e. The molecule has 1 heterocycles. The maximum atomic E-state index is 12.6. The van der Waals surface area contributed by atoms with Gasteiger partial charge in [0.2, 0.25) is 0 Å². The molecule has 1 saturated heterocycles. The van der Waals surface area contributed by atoms with Crippen LogP contribution in [0.15, 0.2) is 26.6 Å². The van der Waals surface area contributed by atoms with Gasteiger partial charge in [0, 0.05) is 7.05 Å². The molecule has 2 aromatic rings. The Balaban J connectivity index is 1.93. The highest BCUT2D eigenvalue weighted by Crippen LogP contribution is 2.40. The second-order valence-corrected chi connectivity index (χ2v) is 9.90. The zero-order chi connectivity index (χ0) is 23.8. The lowest BCUT2D eigenvalue weighted by Crippen LogP contribution is -2.42. The summed E-state index contributed by atoms with van der Waals surface area (Å²) < 4.78 is 31.7. The Morgan fingerprint density at radius 3 is 2.50 bits per heavy atom. The second-order valence-electron chi connectivity index (χ2n) is 7.62. The van der Waals surface area contributed by atoms with Gasteiger partial charge < -0.3 is 20.5 Å². The van der Waals surface area contributed by atoms with E-state index in [0.717, 1.165) is 27.0 Å². The summed E-state index contributed by atoms with van der Waals surface area (Å²) in [7, 11) is -2.00. The first-order valence-electron chi connectivity index (χ1n) is 10.1. The number of nitrogens with one attached hydrogen (secondary N) is 2. The molecular formula is C20H26ClN3O7S. The van der Waals surface area contributed by atoms with Crippen LogP contribution in [0.5, 0.6) is 5.75 Å². The van der Waals surface area contributed by atoms with Gasteiger partial charge in [-0.3, -0.25) is 14.4 Å². The molecular weight excluding hydrogens is 462 g/mol. The average Bonchev–Trinajstić information content (AvgIpc) is 3.19. The monoisotopic (exact) mass is 487 g/mol. The summed E-state index contributed by atoms with van der Waals surface area (Å²) in [6.07, 6.45) is 2.42. The number of nitrogens with zero attached hydrogens (tertiary/aromatic N) is 1. The highest BCUT2D eigenvalue weighted by molar-refractivity contribution is 7.89. The van der Waals surface area contributed by atoms with E-state index < -0.39 is 31.5 Å². The number of aromatic hydroxyl groups is 1. The van der Waals surface area contributed by atoms with Crippen LogP contribution >= 0.6 is 11.6 Å². The quantitative estimate of drug-likeness (QED) is 0.276. The van der Waals surface area contributed by atoms with E-state index in [-0.39, 0.29) is 40.3 Å². The van der Waals surface area contributed by atoms with Gasteiger partial charge in [0.05, 0.1) is 36.1 Å². The fourth-order valence-corrected chi connectivity index (χ4v) is 5.24. The lowest BCUT2D eigenvalue weighted by molar-refractivity contribution is -0.0259. The molecule has 2 aromatic carbocycles. The van der Waals surface area contributed by atoms with Crippen molar-refractivity contribution >= 4 is 38.7 Å². The van der Waals surface area contributed by atoms with Crippen molar-refractivity contribution in [2.24, 2.45) is 0 Å². The maximum Gasteiger partial charge on any atom is 0.269 e. The molecule has 1 aliphatic heterocycles. The fraction of sp³-hybridized carbons (Fsp3) is 0.500. The molecule has 12 heteroatoms. The Bertz CT molecular complexity index is 1180. The highest BCUT2D eigenvalue weighted by atomic mass is 35.5. The van der Waals surface area contributed by atoms with Crippen LogP contribution < -0.4 is 21.5 Å². The van der Waals surface area contributed by atoms with Crippen molar-refractivity contribution in [2.45, 2.75) is 56.3 Å². The molecule has 0 bridgehead atoms. The van der Waals surface area contributed by atoms with E-state index in [9.17, 15) is 23.1 Å². The lowest BCUT2D eigenvalue weighted by atomic mass is 10.0. The summed E-state index contributed by atoms with van der Waals surface area (Å²) in [5.74, 6) is -0.708. The third-order valence-corrected chi connectivity index (χ3v) is 7.77. The molecule has 0 saturated carbocycles. The molecule has 1 aliphatic rings. The Morgan fingerprint density at radius 1 is 1.28 bits per heavy atom. The molecule has 0 aromatic heterocycles. The van der Waals surface area contributed by atoms with Gasteiger partial charge >= 0.3 is 0 Å². The molecule has 0 radical (unpaired) electrons. The zero-order valence-electron chi connectivity index (χ0n) is 18.1. The number of anilines is 3. The maximum absolute atomic E-state index is 12.6. The predicted octanol–water partition coefficient (Wildman–Crippen LogP) is 2.33. The van der Waals surface area contributed by atoms with Crippen LogP contribution in [0.3, 0.4) is 0 Å². The van der Waals surface area contributed by atoms with Crippen molar-refractivity contribution in [1.82, 2.24) is 4.47 Å². The first kappa shape index (κ1) is 24.5. The van der Waals surface area contributed by atoms with Gasteiger partial charge in [-0.15, -0.1) is 0 Å². The van der Waals surface area contributed by atoms with E-state index in [4.69, 9.17) is 21.2 Å². The Morgan fingerprint density at radius 2 is 1.94 bits per heavy atom. The van der Waals surface area contributed by atoms with Crippen molar-refractivity contribution in [3.8, 4) is 5.75 Å². The minimum absolute atomic E-state index is 0.0674. The summed E-state index contributed by atoms with van der Waals surface area (Å²) in [5, 5.41) is 16.1. The minimum atomic E-state index is -4.29. The predicted molar refractivity (Wildman–Crippen MR) is 121 cm³/mol. The van der Waals surface area contributed by atoms with Gasteiger partial charge in [-0.05, 0) is 38.3 Å². The Hall–Kier alpha value is -2.18. The number of hydrogen-bond donors (Lipinski definition) is 3. The van der Waals surface area contributed by atoms with Crippen molar-refractivity contribution in [1.29, 1.82) is 0 Å². The summed E-state index contributed by atoms with van der Waals surface area (Å²) in [6, 6.07) is 2.37. The summed E-state index contributed by atoms with van der Waals surface area (Å²) in [5.41, 5.74) is -1.59. The summed E-state index contributed by atoms with van der Waals surface area (Å²) in [4.78, 5) is 28.6. The van der Waals surface area contributed by atoms with Crippen molar-refractivity contribution < 1.29 is 23.1 Å². The van der Waals surface area contributed by atoms with Crippen LogP contribution in [0.1, 0.15) is 33.1 Å². The van der Waals surface area contributed by atoms with E-state index in [1.807, 2.05) is 13.8 Å². The van der Waals surface area contributed by atoms with E-state index in [1.165, 1.54) is 12.1 Å². The van der Waals surface area contributed by atoms with Gasteiger partial charge in [-0.1, -0.05) is 23.0 Å². The lowest BCUT2D eigenvalue weighted by Gasteiger charge is -2.26. The minimum Gasteiger partial charge on any atom is -0.504 e. The largest absolute Gasteiger partial charge is 0.504 e. The van der Waals surface area contributed by atoms with Gasteiger partial charge in [0.15, 0.2) is 5.75 Å². The SMILES string of the molecule is CC[C@@H](Nc1c(Nc2ccc(Cl)c(S(=O)(=O)N(C)OC)c2O)c(=O)c1=O)[C@H]1CC[C@@H](C)O1. The zero-order valence-corrected chi connectivity index (χ0v) is 19.7. The Labute approximate surface area is 190 Å². The number of halogens is 1. The molecule has 3 atom stereocenters. The van der Waals surface area contributed by atoms with Crippen LogP contribution in [0, 0.1) is 0 Å². The van der Waals surface area contributed by atoms with Gasteiger partial charge in [0.1, 0.15) is 16.3 Å². The van der Waals surface area contributed by atoms with Gasteiger partial charge in [-0.25, -0.2) is 8.42 Å². The molecule has 32 heavy (non-hydrogen) atoms. The number of phenols is 1. The number of hydrogen-bond acceptors (Lipinski definition) is 9. The number of sulfonamides is 1. The van der Waals surface area contributed by atoms with E-state index in [0.29, 0.717) is 10.9 Å².